The maximum absolute atomic E-state index is 11.7. The maximum atomic E-state index is 11.7. The van der Waals surface area contributed by atoms with Crippen molar-refractivity contribution in [1.29, 1.82) is 0 Å². The highest BCUT2D eigenvalue weighted by atomic mass is 16.6. The van der Waals surface area contributed by atoms with Gasteiger partial charge in [-0.25, -0.2) is 9.59 Å². The Morgan fingerprint density at radius 3 is 1.80 bits per heavy atom. The Bertz CT molecular complexity index is 361. The quantitative estimate of drug-likeness (QED) is 0.830. The van der Waals surface area contributed by atoms with Gasteiger partial charge in [-0.2, -0.15) is 0 Å². The summed E-state index contributed by atoms with van der Waals surface area (Å²) in [6.07, 6.45) is -0.361. The summed E-state index contributed by atoms with van der Waals surface area (Å²) in [5.74, 6) is -1.05. The molecule has 5 heteroatoms. The second kappa shape index (κ2) is 6.02. The molecule has 1 unspecified atom stereocenters. The number of ether oxygens (including phenoxy) is 1. The summed E-state index contributed by atoms with van der Waals surface area (Å²) in [4.78, 5) is 23.0. The molecule has 1 amide bonds. The van der Waals surface area contributed by atoms with Crippen molar-refractivity contribution in [3.05, 3.63) is 0 Å². The number of alkyl carbamates (subject to hydrolysis) is 1. The van der Waals surface area contributed by atoms with Gasteiger partial charge >= 0.3 is 12.1 Å². The van der Waals surface area contributed by atoms with Crippen molar-refractivity contribution in [3.63, 3.8) is 0 Å². The fourth-order valence-electron chi connectivity index (χ4n) is 1.47. The third kappa shape index (κ3) is 6.26. The van der Waals surface area contributed by atoms with Gasteiger partial charge in [0.1, 0.15) is 11.6 Å². The van der Waals surface area contributed by atoms with Gasteiger partial charge in [0.2, 0.25) is 0 Å². The number of hydrogen-bond donors (Lipinski definition) is 2. The second-order valence-corrected chi connectivity index (χ2v) is 7.88. The van der Waals surface area contributed by atoms with E-state index >= 15 is 0 Å². The van der Waals surface area contributed by atoms with Gasteiger partial charge in [-0.05, 0) is 38.0 Å². The topological polar surface area (TPSA) is 75.6 Å². The molecule has 0 bridgehead atoms. The van der Waals surface area contributed by atoms with Crippen LogP contribution in [0.2, 0.25) is 0 Å². The van der Waals surface area contributed by atoms with Gasteiger partial charge in [0.05, 0.1) is 0 Å². The highest BCUT2D eigenvalue weighted by Gasteiger charge is 2.38. The number of carboxylic acids is 1. The van der Waals surface area contributed by atoms with Crippen molar-refractivity contribution < 1.29 is 19.4 Å². The molecule has 0 fully saturated rings. The first-order chi connectivity index (χ1) is 8.66. The minimum absolute atomic E-state index is 0.0731. The molecule has 0 heterocycles. The van der Waals surface area contributed by atoms with Crippen LogP contribution in [0.4, 0.5) is 4.79 Å². The van der Waals surface area contributed by atoms with Crippen molar-refractivity contribution in [1.82, 2.24) is 5.32 Å². The lowest BCUT2D eigenvalue weighted by atomic mass is 9.66. The van der Waals surface area contributed by atoms with Crippen LogP contribution < -0.4 is 5.32 Å². The normalized spacial score (nSPS) is 14.6. The summed E-state index contributed by atoms with van der Waals surface area (Å²) in [7, 11) is 0. The van der Waals surface area contributed by atoms with Crippen LogP contribution in [0.25, 0.3) is 0 Å². The number of amides is 1. The SMILES string of the molecule is CC(C)(C)OC(=O)NC(CC(C)(C)C(C)(C)C)C(=O)O. The van der Waals surface area contributed by atoms with Crippen molar-refractivity contribution >= 4 is 12.1 Å². The van der Waals surface area contributed by atoms with Crippen LogP contribution in [0.1, 0.15) is 61.8 Å². The molecule has 0 saturated carbocycles. The molecule has 5 nitrogen and oxygen atoms in total. The van der Waals surface area contributed by atoms with E-state index < -0.39 is 23.7 Å². The van der Waals surface area contributed by atoms with Crippen molar-refractivity contribution in [2.24, 2.45) is 10.8 Å². The average molecular weight is 287 g/mol. The van der Waals surface area contributed by atoms with E-state index in [0.29, 0.717) is 6.42 Å². The third-order valence-electron chi connectivity index (χ3n) is 3.73. The van der Waals surface area contributed by atoms with Gasteiger partial charge in [0, 0.05) is 0 Å². The van der Waals surface area contributed by atoms with E-state index in [4.69, 9.17) is 4.74 Å². The van der Waals surface area contributed by atoms with Crippen LogP contribution >= 0.6 is 0 Å². The molecule has 0 saturated heterocycles. The first-order valence-corrected chi connectivity index (χ1v) is 6.88. The Kier molecular flexibility index (Phi) is 5.64. The van der Waals surface area contributed by atoms with Crippen molar-refractivity contribution in [2.45, 2.75) is 73.5 Å². The average Bonchev–Trinajstić information content (AvgIpc) is 2.10. The Morgan fingerprint density at radius 1 is 1.05 bits per heavy atom. The lowest BCUT2D eigenvalue weighted by Crippen LogP contribution is -2.47. The molecule has 0 rings (SSSR count). The lowest BCUT2D eigenvalue weighted by molar-refractivity contribution is -0.140. The van der Waals surface area contributed by atoms with Crippen LogP contribution in [-0.4, -0.2) is 28.8 Å². The number of carbonyl (C=O) groups is 2. The summed E-state index contributed by atoms with van der Waals surface area (Å²) in [6, 6.07) is -0.959. The molecule has 0 aliphatic rings. The fraction of sp³-hybridized carbons (Fsp3) is 0.867. The molecule has 0 aliphatic carbocycles. The van der Waals surface area contributed by atoms with Crippen LogP contribution in [0, 0.1) is 10.8 Å². The molecule has 1 atom stereocenters. The molecule has 0 aliphatic heterocycles. The molecule has 0 spiro atoms. The number of nitrogens with one attached hydrogen (secondary N) is 1. The minimum atomic E-state index is -1.05. The fourth-order valence-corrected chi connectivity index (χ4v) is 1.47. The summed E-state index contributed by atoms with van der Waals surface area (Å²) in [5.41, 5.74) is -0.964. The Hall–Kier alpha value is -1.26. The van der Waals surface area contributed by atoms with Crippen LogP contribution in [-0.2, 0) is 9.53 Å². The van der Waals surface area contributed by atoms with E-state index in [1.54, 1.807) is 20.8 Å². The molecule has 0 aromatic heterocycles. The third-order valence-corrected chi connectivity index (χ3v) is 3.73. The molecule has 0 radical (unpaired) electrons. The number of carbonyl (C=O) groups excluding carboxylic acids is 1. The summed E-state index contributed by atoms with van der Waals surface area (Å²) < 4.78 is 5.11. The van der Waals surface area contributed by atoms with E-state index in [9.17, 15) is 14.7 Å². The van der Waals surface area contributed by atoms with E-state index in [1.165, 1.54) is 0 Å². The standard InChI is InChI=1S/C15H29NO4/c1-13(2,3)15(7,8)9-10(11(17)18)16-12(19)20-14(4,5)6/h10H,9H2,1-8H3,(H,16,19)(H,17,18). The zero-order valence-electron chi connectivity index (χ0n) is 14.0. The molecule has 2 N–H and O–H groups in total. The molecule has 0 aromatic carbocycles. The number of hydrogen-bond acceptors (Lipinski definition) is 3. The predicted molar refractivity (Wildman–Crippen MR) is 78.6 cm³/mol. The van der Waals surface area contributed by atoms with Gasteiger partial charge in [-0.1, -0.05) is 34.6 Å². The summed E-state index contributed by atoms with van der Waals surface area (Å²) in [6.45, 7) is 15.4. The van der Waals surface area contributed by atoms with Gasteiger partial charge in [0.15, 0.2) is 0 Å². The highest BCUT2D eigenvalue weighted by Crippen LogP contribution is 2.41. The molecule has 20 heavy (non-hydrogen) atoms. The summed E-state index contributed by atoms with van der Waals surface area (Å²) in [5, 5.41) is 11.7. The molecular weight excluding hydrogens is 258 g/mol. The maximum Gasteiger partial charge on any atom is 0.408 e. The summed E-state index contributed by atoms with van der Waals surface area (Å²) >= 11 is 0. The highest BCUT2D eigenvalue weighted by molar-refractivity contribution is 5.80. The number of aliphatic carboxylic acids is 1. The molecular formula is C15H29NO4. The molecule has 118 valence electrons. The molecule has 0 aromatic rings. The van der Waals surface area contributed by atoms with Gasteiger partial charge in [-0.15, -0.1) is 0 Å². The van der Waals surface area contributed by atoms with Crippen LogP contribution in [0.15, 0.2) is 0 Å². The Morgan fingerprint density at radius 2 is 1.50 bits per heavy atom. The van der Waals surface area contributed by atoms with Gasteiger partial charge in [0.25, 0.3) is 0 Å². The zero-order valence-corrected chi connectivity index (χ0v) is 14.0. The minimum Gasteiger partial charge on any atom is -0.480 e. The first-order valence-electron chi connectivity index (χ1n) is 6.88. The van der Waals surface area contributed by atoms with E-state index in [-0.39, 0.29) is 10.8 Å². The second-order valence-electron chi connectivity index (χ2n) is 7.88. The van der Waals surface area contributed by atoms with Crippen molar-refractivity contribution in [2.75, 3.05) is 0 Å². The van der Waals surface area contributed by atoms with Crippen molar-refractivity contribution in [3.8, 4) is 0 Å². The van der Waals surface area contributed by atoms with E-state index in [2.05, 4.69) is 26.1 Å². The lowest BCUT2D eigenvalue weighted by Gasteiger charge is -2.40. The van der Waals surface area contributed by atoms with E-state index in [1.807, 2.05) is 13.8 Å². The monoisotopic (exact) mass is 287 g/mol. The Balaban J connectivity index is 4.86. The van der Waals surface area contributed by atoms with Crippen LogP contribution in [0.5, 0.6) is 0 Å². The number of carboxylic acid groups (broad SMARTS) is 1. The first kappa shape index (κ1) is 18.7. The van der Waals surface area contributed by atoms with Crippen LogP contribution in [0.3, 0.4) is 0 Å². The van der Waals surface area contributed by atoms with Gasteiger partial charge < -0.3 is 15.2 Å². The zero-order chi connectivity index (χ0) is 16.4. The Labute approximate surface area is 122 Å². The number of rotatable bonds is 4. The van der Waals surface area contributed by atoms with E-state index in [0.717, 1.165) is 0 Å². The largest absolute Gasteiger partial charge is 0.480 e. The predicted octanol–water partition coefficient (Wildman–Crippen LogP) is 3.43. The van der Waals surface area contributed by atoms with Gasteiger partial charge in [-0.3, -0.25) is 0 Å². The smallest absolute Gasteiger partial charge is 0.408 e.